The van der Waals surface area contributed by atoms with E-state index in [1.165, 1.54) is 6.07 Å². The van der Waals surface area contributed by atoms with Crippen molar-refractivity contribution in [2.75, 3.05) is 11.6 Å². The first-order chi connectivity index (χ1) is 12.0. The molecule has 2 heterocycles. The Balaban J connectivity index is 1.90. The van der Waals surface area contributed by atoms with Gasteiger partial charge in [0.1, 0.15) is 5.82 Å². The Morgan fingerprint density at radius 2 is 2.00 bits per heavy atom. The number of hydrazine groups is 2. The van der Waals surface area contributed by atoms with Crippen molar-refractivity contribution in [2.24, 2.45) is 4.99 Å². The van der Waals surface area contributed by atoms with Crippen LogP contribution in [0.4, 0.5) is 14.9 Å². The molecule has 0 fully saturated rings. The molecule has 0 saturated heterocycles. The number of nitrogens with zero attached hydrogens (tertiary/aromatic N) is 3. The van der Waals surface area contributed by atoms with Gasteiger partial charge in [0.25, 0.3) is 0 Å². The number of halogens is 3. The minimum Gasteiger partial charge on any atom is -0.277 e. The second-order valence-electron chi connectivity index (χ2n) is 5.48. The summed E-state index contributed by atoms with van der Waals surface area (Å²) in [4.78, 5) is 16.0. The number of carbonyl (C=O) groups excluding carboxylic acids is 1. The van der Waals surface area contributed by atoms with E-state index in [4.69, 9.17) is 23.2 Å². The van der Waals surface area contributed by atoms with Crippen LogP contribution >= 0.6 is 23.2 Å². The zero-order valence-corrected chi connectivity index (χ0v) is 14.2. The number of aliphatic imine (C=N–C) groups is 1. The number of carbonyl (C=O) groups is 1. The maximum absolute atomic E-state index is 14.3. The molecular weight excluding hydrogens is 366 g/mol. The fraction of sp³-hybridized carbons (Fsp3) is 0.0588. The smallest absolute Gasteiger partial charge is 0.277 e. The van der Waals surface area contributed by atoms with Crippen molar-refractivity contribution in [3.05, 3.63) is 76.3 Å². The van der Waals surface area contributed by atoms with E-state index < -0.39 is 5.37 Å². The van der Waals surface area contributed by atoms with Gasteiger partial charge in [-0.15, -0.1) is 5.53 Å². The fourth-order valence-corrected chi connectivity index (χ4v) is 3.10. The lowest BCUT2D eigenvalue weighted by Crippen LogP contribution is -2.42. The summed E-state index contributed by atoms with van der Waals surface area (Å²) in [5, 5.41) is 2.66. The monoisotopic (exact) mass is 376 g/mol. The van der Waals surface area contributed by atoms with E-state index in [2.05, 4.69) is 10.5 Å². The quantitative estimate of drug-likeness (QED) is 0.602. The van der Waals surface area contributed by atoms with Crippen molar-refractivity contribution in [3.8, 4) is 0 Å². The predicted octanol–water partition coefficient (Wildman–Crippen LogP) is 4.07. The average Bonchev–Trinajstić information content (AvgIpc) is 2.95. The van der Waals surface area contributed by atoms with E-state index in [0.717, 1.165) is 5.01 Å². The number of rotatable bonds is 1. The van der Waals surface area contributed by atoms with Crippen LogP contribution in [0.5, 0.6) is 0 Å². The van der Waals surface area contributed by atoms with Crippen LogP contribution in [0, 0.1) is 5.82 Å². The highest BCUT2D eigenvalue weighted by Gasteiger charge is 2.30. The minimum absolute atomic E-state index is 0.240. The number of nitrogens with one attached hydrogen (secondary N) is 1. The largest absolute Gasteiger partial charge is 0.336 e. The lowest BCUT2D eigenvalue weighted by Gasteiger charge is -2.23. The van der Waals surface area contributed by atoms with Crippen LogP contribution in [0.1, 0.15) is 11.1 Å². The number of fused-ring (bicyclic) bond motifs is 3. The highest BCUT2D eigenvalue weighted by molar-refractivity contribution is 6.62. The molecule has 0 aromatic heterocycles. The normalized spacial score (nSPS) is 16.0. The molecule has 2 aromatic rings. The maximum atomic E-state index is 14.3. The van der Waals surface area contributed by atoms with Crippen LogP contribution in [0.25, 0.3) is 0 Å². The Hall–Kier alpha value is -2.41. The average molecular weight is 377 g/mol. The van der Waals surface area contributed by atoms with E-state index >= 15 is 0 Å². The summed E-state index contributed by atoms with van der Waals surface area (Å²) in [6, 6.07) is 11.7. The molecule has 1 amide bonds. The van der Waals surface area contributed by atoms with Crippen molar-refractivity contribution in [2.45, 2.75) is 0 Å². The first-order valence-electron chi connectivity index (χ1n) is 7.39. The molecule has 2 aromatic carbocycles. The molecule has 8 heteroatoms. The minimum atomic E-state index is -0.672. The van der Waals surface area contributed by atoms with Crippen LogP contribution in [-0.4, -0.2) is 22.6 Å². The molecule has 4 rings (SSSR count). The highest BCUT2D eigenvalue weighted by atomic mass is 35.5. The second-order valence-corrected chi connectivity index (χ2v) is 6.24. The van der Waals surface area contributed by atoms with Gasteiger partial charge in [0.15, 0.2) is 0 Å². The number of hydrogen-bond acceptors (Lipinski definition) is 4. The molecule has 126 valence electrons. The predicted molar refractivity (Wildman–Crippen MR) is 95.1 cm³/mol. The molecule has 1 N–H and O–H groups in total. The Morgan fingerprint density at radius 1 is 1.20 bits per heavy atom. The summed E-state index contributed by atoms with van der Waals surface area (Å²) in [6.45, 7) is 0.240. The topological polar surface area (TPSA) is 47.9 Å². The third kappa shape index (κ3) is 2.78. The number of benzene rings is 2. The van der Waals surface area contributed by atoms with Gasteiger partial charge >= 0.3 is 5.37 Å². The summed E-state index contributed by atoms with van der Waals surface area (Å²) in [7, 11) is 0. The first kappa shape index (κ1) is 16.1. The summed E-state index contributed by atoms with van der Waals surface area (Å²) < 4.78 is 14.3. The summed E-state index contributed by atoms with van der Waals surface area (Å²) in [6.07, 6.45) is 1.56. The van der Waals surface area contributed by atoms with Gasteiger partial charge in [0.2, 0.25) is 0 Å². The van der Waals surface area contributed by atoms with Crippen LogP contribution in [0.15, 0.2) is 59.4 Å². The SMILES string of the molecule is O=C(Cl)N1C=C2CN=C(c3ccccc3F)c3cc(Cl)ccc3N2N1. The van der Waals surface area contributed by atoms with Crippen molar-refractivity contribution >= 4 is 40.0 Å². The molecule has 0 saturated carbocycles. The van der Waals surface area contributed by atoms with Crippen molar-refractivity contribution in [3.63, 3.8) is 0 Å². The number of hydrogen-bond donors (Lipinski definition) is 1. The molecule has 2 aliphatic rings. The van der Waals surface area contributed by atoms with Crippen molar-refractivity contribution in [1.82, 2.24) is 10.5 Å². The van der Waals surface area contributed by atoms with E-state index in [0.29, 0.717) is 33.2 Å². The maximum Gasteiger partial charge on any atom is 0.336 e. The summed E-state index contributed by atoms with van der Waals surface area (Å²) in [5.41, 5.74) is 5.80. The van der Waals surface area contributed by atoms with Gasteiger partial charge < -0.3 is 0 Å². The Kier molecular flexibility index (Phi) is 3.95. The van der Waals surface area contributed by atoms with Gasteiger partial charge in [-0.05, 0) is 41.9 Å². The van der Waals surface area contributed by atoms with Crippen molar-refractivity contribution < 1.29 is 9.18 Å². The highest BCUT2D eigenvalue weighted by Crippen LogP contribution is 2.33. The Labute approximate surface area is 152 Å². The van der Waals surface area contributed by atoms with E-state index in [-0.39, 0.29) is 12.4 Å². The molecular formula is C17H11Cl2FN4O. The van der Waals surface area contributed by atoms with Gasteiger partial charge in [0, 0.05) is 16.1 Å². The van der Waals surface area contributed by atoms with E-state index in [1.807, 2.05) is 0 Å². The molecule has 5 nitrogen and oxygen atoms in total. The lowest BCUT2D eigenvalue weighted by molar-refractivity contribution is 0.226. The number of anilines is 1. The van der Waals surface area contributed by atoms with Crippen LogP contribution in [-0.2, 0) is 0 Å². The van der Waals surface area contributed by atoms with Gasteiger partial charge in [-0.1, -0.05) is 23.7 Å². The van der Waals surface area contributed by atoms with Gasteiger partial charge in [-0.2, -0.15) is 0 Å². The number of amides is 1. The lowest BCUT2D eigenvalue weighted by atomic mass is 10.00. The summed E-state index contributed by atoms with van der Waals surface area (Å²) >= 11 is 11.7. The second kappa shape index (κ2) is 6.15. The van der Waals surface area contributed by atoms with Gasteiger partial charge in [0.05, 0.1) is 29.8 Å². The molecule has 25 heavy (non-hydrogen) atoms. The third-order valence-electron chi connectivity index (χ3n) is 3.95. The van der Waals surface area contributed by atoms with E-state index in [1.54, 1.807) is 47.6 Å². The standard InChI is InChI=1S/C17H11Cl2FN4O/c18-10-5-6-15-13(7-10)16(12-3-1-2-4-14(12)20)21-8-11-9-23(17(19)25)22-24(11)15/h1-7,9,22H,8H2. The zero-order valence-electron chi connectivity index (χ0n) is 12.7. The zero-order chi connectivity index (χ0) is 17.6. The molecule has 0 unspecified atom stereocenters. The molecule has 0 aliphatic carbocycles. The van der Waals surface area contributed by atoms with Crippen LogP contribution in [0.2, 0.25) is 5.02 Å². The van der Waals surface area contributed by atoms with Crippen molar-refractivity contribution in [1.29, 1.82) is 0 Å². The first-order valence-corrected chi connectivity index (χ1v) is 8.15. The van der Waals surface area contributed by atoms with Crippen LogP contribution < -0.4 is 10.5 Å². The summed E-state index contributed by atoms with van der Waals surface area (Å²) in [5.74, 6) is -0.367. The fourth-order valence-electron chi connectivity index (χ4n) is 2.84. The molecule has 0 atom stereocenters. The van der Waals surface area contributed by atoms with Gasteiger partial charge in [-0.25, -0.2) is 9.40 Å². The van der Waals surface area contributed by atoms with E-state index in [9.17, 15) is 9.18 Å². The Morgan fingerprint density at radius 3 is 2.76 bits per heavy atom. The molecule has 0 bridgehead atoms. The Bertz CT molecular complexity index is 944. The van der Waals surface area contributed by atoms with Crippen LogP contribution in [0.3, 0.4) is 0 Å². The third-order valence-corrected chi connectivity index (χ3v) is 4.36. The molecule has 0 radical (unpaired) electrons. The molecule has 0 spiro atoms. The van der Waals surface area contributed by atoms with Gasteiger partial charge in [-0.3, -0.25) is 14.8 Å². The molecule has 2 aliphatic heterocycles.